The lowest BCUT2D eigenvalue weighted by Gasteiger charge is -2.08. The van der Waals surface area contributed by atoms with E-state index in [0.717, 1.165) is 6.07 Å². The van der Waals surface area contributed by atoms with Gasteiger partial charge in [-0.3, -0.25) is 0 Å². The summed E-state index contributed by atoms with van der Waals surface area (Å²) in [5.41, 5.74) is 5.42. The highest BCUT2D eigenvalue weighted by molar-refractivity contribution is 5.63. The van der Waals surface area contributed by atoms with E-state index in [2.05, 4.69) is 19.8 Å². The van der Waals surface area contributed by atoms with E-state index in [0.29, 0.717) is 6.07 Å². The van der Waals surface area contributed by atoms with Crippen LogP contribution in [-0.2, 0) is 0 Å². The molecule has 1 aliphatic heterocycles. The van der Waals surface area contributed by atoms with Crippen LogP contribution >= 0.6 is 0 Å². The smallest absolute Gasteiger partial charge is 0.395 e. The molecule has 0 spiro atoms. The summed E-state index contributed by atoms with van der Waals surface area (Å²) in [6, 6.07) is 4.27. The normalized spacial score (nSPS) is 15.0. The van der Waals surface area contributed by atoms with Gasteiger partial charge in [0.25, 0.3) is 0 Å². The van der Waals surface area contributed by atoms with E-state index in [1.807, 2.05) is 0 Å². The largest absolute Gasteiger partial charge is 0.586 e. The van der Waals surface area contributed by atoms with Gasteiger partial charge in [-0.1, -0.05) is 0 Å². The van der Waals surface area contributed by atoms with Gasteiger partial charge < -0.3 is 20.5 Å². The number of anilines is 3. The van der Waals surface area contributed by atoms with Crippen molar-refractivity contribution in [3.05, 3.63) is 35.9 Å². The number of nitrogens with one attached hydrogen (secondary N) is 1. The van der Waals surface area contributed by atoms with Gasteiger partial charge in [-0.25, -0.2) is 13.8 Å². The SMILES string of the molecule is Nc1nc(Nc2ccc3c(c2)OC(F)(F)O3)c(F)cc1F. The predicted octanol–water partition coefficient (Wildman–Crippen LogP) is 3.01. The Morgan fingerprint density at radius 3 is 2.52 bits per heavy atom. The molecule has 110 valence electrons. The minimum absolute atomic E-state index is 0.155. The molecule has 5 nitrogen and oxygen atoms in total. The van der Waals surface area contributed by atoms with Crippen LogP contribution in [0.2, 0.25) is 0 Å². The van der Waals surface area contributed by atoms with E-state index < -0.39 is 23.7 Å². The molecule has 0 radical (unpaired) electrons. The van der Waals surface area contributed by atoms with Gasteiger partial charge in [-0.2, -0.15) is 0 Å². The van der Waals surface area contributed by atoms with E-state index in [-0.39, 0.29) is 23.0 Å². The van der Waals surface area contributed by atoms with Gasteiger partial charge in [0.05, 0.1) is 0 Å². The summed E-state index contributed by atoms with van der Waals surface area (Å²) >= 11 is 0. The molecular formula is C12H7F4N3O2. The molecule has 21 heavy (non-hydrogen) atoms. The predicted molar refractivity (Wildman–Crippen MR) is 64.5 cm³/mol. The number of ether oxygens (including phenoxy) is 2. The Hall–Kier alpha value is -2.71. The van der Waals surface area contributed by atoms with Crippen LogP contribution in [0.5, 0.6) is 11.5 Å². The average Bonchev–Trinajstić information content (AvgIpc) is 2.69. The van der Waals surface area contributed by atoms with Crippen LogP contribution in [0.1, 0.15) is 0 Å². The summed E-state index contributed by atoms with van der Waals surface area (Å²) in [7, 11) is 0. The average molecular weight is 301 g/mol. The Bertz CT molecular complexity index is 724. The molecule has 0 bridgehead atoms. The van der Waals surface area contributed by atoms with Crippen molar-refractivity contribution >= 4 is 17.3 Å². The van der Waals surface area contributed by atoms with Gasteiger partial charge in [-0.15, -0.1) is 8.78 Å². The first-order valence-corrected chi connectivity index (χ1v) is 5.62. The maximum atomic E-state index is 13.5. The standard InChI is InChI=1S/C12H7F4N3O2/c13-6-4-7(14)11(19-10(6)17)18-5-1-2-8-9(3-5)21-12(15,16)20-8/h1-4H,(H3,17,18,19). The number of nitrogens with two attached hydrogens (primary N) is 1. The zero-order valence-corrected chi connectivity index (χ0v) is 10.2. The van der Waals surface area contributed by atoms with Gasteiger partial charge in [0.15, 0.2) is 34.8 Å². The van der Waals surface area contributed by atoms with Crippen molar-refractivity contribution in [2.24, 2.45) is 0 Å². The summed E-state index contributed by atoms with van der Waals surface area (Å²) in [5, 5.41) is 2.48. The highest BCUT2D eigenvalue weighted by atomic mass is 19.3. The lowest BCUT2D eigenvalue weighted by Crippen LogP contribution is -2.25. The van der Waals surface area contributed by atoms with Crippen molar-refractivity contribution in [1.29, 1.82) is 0 Å². The molecular weight excluding hydrogens is 294 g/mol. The first-order valence-electron chi connectivity index (χ1n) is 5.62. The van der Waals surface area contributed by atoms with Crippen LogP contribution in [0.15, 0.2) is 24.3 Å². The molecule has 1 aromatic carbocycles. The minimum atomic E-state index is -3.75. The highest BCUT2D eigenvalue weighted by Gasteiger charge is 2.43. The fourth-order valence-corrected chi connectivity index (χ4v) is 1.73. The number of rotatable bonds is 2. The molecule has 0 saturated heterocycles. The van der Waals surface area contributed by atoms with Gasteiger partial charge in [0, 0.05) is 17.8 Å². The number of hydrogen-bond acceptors (Lipinski definition) is 5. The molecule has 0 fully saturated rings. The lowest BCUT2D eigenvalue weighted by molar-refractivity contribution is -0.286. The quantitative estimate of drug-likeness (QED) is 0.834. The van der Waals surface area contributed by atoms with Gasteiger partial charge >= 0.3 is 6.29 Å². The van der Waals surface area contributed by atoms with Crippen LogP contribution < -0.4 is 20.5 Å². The topological polar surface area (TPSA) is 69.4 Å². The van der Waals surface area contributed by atoms with Crippen molar-refractivity contribution in [2.45, 2.75) is 6.29 Å². The van der Waals surface area contributed by atoms with Crippen LogP contribution in [0.3, 0.4) is 0 Å². The first kappa shape index (κ1) is 13.3. The Kier molecular flexibility index (Phi) is 2.78. The molecule has 0 atom stereocenters. The summed E-state index contributed by atoms with van der Waals surface area (Å²) in [6.07, 6.45) is -3.75. The number of fused-ring (bicyclic) bond motifs is 1. The van der Waals surface area contributed by atoms with Gasteiger partial charge in [0.2, 0.25) is 0 Å². The third kappa shape index (κ3) is 2.49. The Morgan fingerprint density at radius 2 is 1.76 bits per heavy atom. The number of pyridine rings is 1. The van der Waals surface area contributed by atoms with Crippen molar-refractivity contribution < 1.29 is 27.0 Å². The molecule has 0 saturated carbocycles. The Morgan fingerprint density at radius 1 is 1.05 bits per heavy atom. The summed E-state index contributed by atoms with van der Waals surface area (Å²) in [4.78, 5) is 3.49. The van der Waals surface area contributed by atoms with Crippen molar-refractivity contribution in [1.82, 2.24) is 4.98 Å². The van der Waals surface area contributed by atoms with E-state index in [9.17, 15) is 17.6 Å². The number of alkyl halides is 2. The molecule has 9 heteroatoms. The monoisotopic (exact) mass is 301 g/mol. The second kappa shape index (κ2) is 4.40. The molecule has 0 unspecified atom stereocenters. The zero-order valence-electron chi connectivity index (χ0n) is 10.2. The van der Waals surface area contributed by atoms with Crippen molar-refractivity contribution in [3.8, 4) is 11.5 Å². The molecule has 3 N–H and O–H groups in total. The first-order chi connectivity index (χ1) is 9.84. The minimum Gasteiger partial charge on any atom is -0.395 e. The molecule has 0 amide bonds. The number of aromatic nitrogens is 1. The van der Waals surface area contributed by atoms with Crippen LogP contribution in [0.4, 0.5) is 34.9 Å². The maximum absolute atomic E-state index is 13.5. The van der Waals surface area contributed by atoms with Gasteiger partial charge in [0.1, 0.15) is 0 Å². The van der Waals surface area contributed by atoms with Crippen LogP contribution in [-0.4, -0.2) is 11.3 Å². The number of benzene rings is 1. The van der Waals surface area contributed by atoms with E-state index in [1.54, 1.807) is 0 Å². The zero-order chi connectivity index (χ0) is 15.2. The molecule has 2 aromatic rings. The summed E-state index contributed by atoms with van der Waals surface area (Å²) in [6.45, 7) is 0. The van der Waals surface area contributed by atoms with Gasteiger partial charge in [-0.05, 0) is 12.1 Å². The third-order valence-corrected chi connectivity index (χ3v) is 2.62. The number of nitrogens with zero attached hydrogens (tertiary/aromatic N) is 1. The fourth-order valence-electron chi connectivity index (χ4n) is 1.73. The van der Waals surface area contributed by atoms with Crippen molar-refractivity contribution in [2.75, 3.05) is 11.1 Å². The molecule has 3 rings (SSSR count). The van der Waals surface area contributed by atoms with E-state index in [1.165, 1.54) is 12.1 Å². The Labute approximate surface area is 115 Å². The second-order valence-electron chi connectivity index (χ2n) is 4.14. The van der Waals surface area contributed by atoms with E-state index >= 15 is 0 Å². The Balaban J connectivity index is 1.89. The molecule has 1 aromatic heterocycles. The summed E-state index contributed by atoms with van der Waals surface area (Å²) < 4.78 is 60.7. The summed E-state index contributed by atoms with van der Waals surface area (Å²) in [5.74, 6) is -3.20. The van der Waals surface area contributed by atoms with E-state index in [4.69, 9.17) is 5.73 Å². The molecule has 0 aliphatic carbocycles. The van der Waals surface area contributed by atoms with Crippen LogP contribution in [0.25, 0.3) is 0 Å². The number of hydrogen-bond donors (Lipinski definition) is 2. The highest BCUT2D eigenvalue weighted by Crippen LogP contribution is 2.42. The second-order valence-corrected chi connectivity index (χ2v) is 4.14. The number of nitrogen functional groups attached to an aromatic ring is 1. The fraction of sp³-hybridized carbons (Fsp3) is 0.0833. The third-order valence-electron chi connectivity index (χ3n) is 2.62. The molecule has 2 heterocycles. The molecule has 1 aliphatic rings. The maximum Gasteiger partial charge on any atom is 0.586 e. The number of halogens is 4. The van der Waals surface area contributed by atoms with Crippen LogP contribution in [0, 0.1) is 11.6 Å². The lowest BCUT2D eigenvalue weighted by atomic mass is 10.2. The van der Waals surface area contributed by atoms with Crippen molar-refractivity contribution in [3.63, 3.8) is 0 Å².